The number of carbonyl (C=O) groups excluding carboxylic acids is 1. The zero-order chi connectivity index (χ0) is 11.5. The van der Waals surface area contributed by atoms with Crippen LogP contribution in [0.25, 0.3) is 0 Å². The molecule has 1 aromatic carbocycles. The lowest BCUT2D eigenvalue weighted by Gasteiger charge is -2.17. The maximum Gasteiger partial charge on any atom is 0.251 e. The Bertz CT molecular complexity index is 338. The average molecular weight is 223 g/mol. The molecule has 82 valence electrons. The number of hydrogen-bond donors (Lipinski definition) is 1. The van der Waals surface area contributed by atoms with Crippen LogP contribution in [0.2, 0.25) is 0 Å². The average Bonchev–Trinajstić information content (AvgIpc) is 2.15. The number of rotatable bonds is 2. The van der Waals surface area contributed by atoms with E-state index >= 15 is 0 Å². The third-order valence-electron chi connectivity index (χ3n) is 1.77. The van der Waals surface area contributed by atoms with Gasteiger partial charge in [-0.2, -0.15) is 0 Å². The maximum atomic E-state index is 11.3. The summed E-state index contributed by atoms with van der Waals surface area (Å²) in [5.41, 5.74) is 0.704. The second-order valence-corrected chi connectivity index (χ2v) is 6.22. The maximum absolute atomic E-state index is 11.3. The van der Waals surface area contributed by atoms with Crippen LogP contribution >= 0.6 is 11.8 Å². The van der Waals surface area contributed by atoms with Crippen molar-refractivity contribution in [3.05, 3.63) is 29.8 Å². The Morgan fingerprint density at radius 3 is 2.13 bits per heavy atom. The Hall–Kier alpha value is -0.960. The Balaban J connectivity index is 2.77. The molecule has 1 N–H and O–H groups in total. The van der Waals surface area contributed by atoms with Crippen LogP contribution in [0.5, 0.6) is 0 Å². The van der Waals surface area contributed by atoms with Crippen LogP contribution in [0.15, 0.2) is 29.2 Å². The highest BCUT2D eigenvalue weighted by atomic mass is 32.2. The minimum Gasteiger partial charge on any atom is -0.355 e. The van der Waals surface area contributed by atoms with Gasteiger partial charge in [0.05, 0.1) is 0 Å². The van der Waals surface area contributed by atoms with E-state index in [-0.39, 0.29) is 10.7 Å². The van der Waals surface area contributed by atoms with Gasteiger partial charge in [0.1, 0.15) is 0 Å². The molecule has 0 aliphatic heterocycles. The summed E-state index contributed by atoms with van der Waals surface area (Å²) >= 11 is 1.80. The minimum atomic E-state index is -0.0395. The number of hydrogen-bond acceptors (Lipinski definition) is 2. The smallest absolute Gasteiger partial charge is 0.251 e. The van der Waals surface area contributed by atoms with Gasteiger partial charge in [0.15, 0.2) is 0 Å². The molecule has 15 heavy (non-hydrogen) atoms. The van der Waals surface area contributed by atoms with Gasteiger partial charge in [0.25, 0.3) is 5.91 Å². The fraction of sp³-hybridized carbons (Fsp3) is 0.417. The summed E-state index contributed by atoms with van der Waals surface area (Å²) in [4.78, 5) is 12.5. The lowest BCUT2D eigenvalue weighted by atomic mass is 10.2. The first-order valence-corrected chi connectivity index (χ1v) is 5.75. The third-order valence-corrected chi connectivity index (χ3v) is 2.89. The van der Waals surface area contributed by atoms with Crippen molar-refractivity contribution in [2.45, 2.75) is 30.4 Å². The molecular formula is C12H17NOS. The van der Waals surface area contributed by atoms with Crippen molar-refractivity contribution in [2.24, 2.45) is 0 Å². The number of benzene rings is 1. The van der Waals surface area contributed by atoms with Crippen molar-refractivity contribution in [2.75, 3.05) is 7.05 Å². The number of carbonyl (C=O) groups is 1. The molecule has 0 radical (unpaired) electrons. The molecule has 0 saturated carbocycles. The van der Waals surface area contributed by atoms with E-state index in [0.29, 0.717) is 5.56 Å². The third kappa shape index (κ3) is 3.96. The van der Waals surface area contributed by atoms with Gasteiger partial charge in [-0.05, 0) is 24.3 Å². The highest BCUT2D eigenvalue weighted by Gasteiger charge is 2.12. The van der Waals surface area contributed by atoms with Crippen molar-refractivity contribution in [1.29, 1.82) is 0 Å². The van der Waals surface area contributed by atoms with Gasteiger partial charge in [-0.3, -0.25) is 4.79 Å². The summed E-state index contributed by atoms with van der Waals surface area (Å²) in [5.74, 6) is -0.0395. The number of amides is 1. The van der Waals surface area contributed by atoms with Gasteiger partial charge in [-0.15, -0.1) is 11.8 Å². The molecule has 0 fully saturated rings. The van der Waals surface area contributed by atoms with E-state index in [2.05, 4.69) is 26.1 Å². The summed E-state index contributed by atoms with van der Waals surface area (Å²) in [7, 11) is 1.64. The lowest BCUT2D eigenvalue weighted by molar-refractivity contribution is 0.0963. The monoisotopic (exact) mass is 223 g/mol. The Labute approximate surface area is 95.5 Å². The molecule has 2 nitrogen and oxygen atoms in total. The Morgan fingerprint density at radius 2 is 1.73 bits per heavy atom. The predicted octanol–water partition coefficient (Wildman–Crippen LogP) is 2.94. The Morgan fingerprint density at radius 1 is 1.20 bits per heavy atom. The van der Waals surface area contributed by atoms with E-state index in [0.717, 1.165) is 0 Å². The normalized spacial score (nSPS) is 11.2. The summed E-state index contributed by atoms with van der Waals surface area (Å²) in [6, 6.07) is 7.68. The first kappa shape index (κ1) is 12.1. The van der Waals surface area contributed by atoms with Crippen LogP contribution in [-0.2, 0) is 0 Å². The van der Waals surface area contributed by atoms with Crippen LogP contribution in [0.4, 0.5) is 0 Å². The van der Waals surface area contributed by atoms with E-state index in [9.17, 15) is 4.79 Å². The molecule has 0 unspecified atom stereocenters. The first-order valence-electron chi connectivity index (χ1n) is 4.93. The fourth-order valence-electron chi connectivity index (χ4n) is 1.17. The molecular weight excluding hydrogens is 206 g/mol. The zero-order valence-electron chi connectivity index (χ0n) is 9.63. The SMILES string of the molecule is CNC(=O)c1ccc(SC(C)(C)C)cc1. The topological polar surface area (TPSA) is 29.1 Å². The van der Waals surface area contributed by atoms with Crippen LogP contribution in [0, 0.1) is 0 Å². The standard InChI is InChI=1S/C12H17NOS/c1-12(2,3)15-10-7-5-9(6-8-10)11(14)13-4/h5-8H,1-4H3,(H,13,14). The van der Waals surface area contributed by atoms with Crippen molar-refractivity contribution in [3.63, 3.8) is 0 Å². The molecule has 0 aliphatic carbocycles. The molecule has 1 rings (SSSR count). The van der Waals surface area contributed by atoms with E-state index < -0.39 is 0 Å². The molecule has 1 aromatic rings. The fourth-order valence-corrected chi connectivity index (χ4v) is 2.15. The van der Waals surface area contributed by atoms with E-state index in [4.69, 9.17) is 0 Å². The van der Waals surface area contributed by atoms with Crippen molar-refractivity contribution in [3.8, 4) is 0 Å². The van der Waals surface area contributed by atoms with E-state index in [1.807, 2.05) is 24.3 Å². The largest absolute Gasteiger partial charge is 0.355 e. The van der Waals surface area contributed by atoms with Crippen molar-refractivity contribution >= 4 is 17.7 Å². The van der Waals surface area contributed by atoms with Crippen LogP contribution in [0.3, 0.4) is 0 Å². The van der Waals surface area contributed by atoms with E-state index in [1.165, 1.54) is 4.90 Å². The molecule has 1 amide bonds. The first-order chi connectivity index (χ1) is 6.92. The van der Waals surface area contributed by atoms with Gasteiger partial charge < -0.3 is 5.32 Å². The number of nitrogens with one attached hydrogen (secondary N) is 1. The van der Waals surface area contributed by atoms with Crippen molar-refractivity contribution < 1.29 is 4.79 Å². The van der Waals surface area contributed by atoms with Gasteiger partial charge >= 0.3 is 0 Å². The number of thioether (sulfide) groups is 1. The van der Waals surface area contributed by atoms with Crippen LogP contribution in [-0.4, -0.2) is 17.7 Å². The second kappa shape index (κ2) is 4.71. The highest BCUT2D eigenvalue weighted by molar-refractivity contribution is 8.00. The zero-order valence-corrected chi connectivity index (χ0v) is 10.4. The molecule has 0 atom stereocenters. The molecule has 3 heteroatoms. The predicted molar refractivity (Wildman–Crippen MR) is 65.4 cm³/mol. The molecule has 0 aliphatic rings. The van der Waals surface area contributed by atoms with Crippen LogP contribution in [0.1, 0.15) is 31.1 Å². The van der Waals surface area contributed by atoms with Gasteiger partial charge in [0, 0.05) is 22.3 Å². The summed E-state index contributed by atoms with van der Waals surface area (Å²) in [6.07, 6.45) is 0. The van der Waals surface area contributed by atoms with Crippen LogP contribution < -0.4 is 5.32 Å². The minimum absolute atomic E-state index is 0.0395. The van der Waals surface area contributed by atoms with Gasteiger partial charge in [-0.25, -0.2) is 0 Å². The van der Waals surface area contributed by atoms with Gasteiger partial charge in [0.2, 0.25) is 0 Å². The Kier molecular flexibility index (Phi) is 3.80. The molecule has 0 heterocycles. The summed E-state index contributed by atoms with van der Waals surface area (Å²) < 4.78 is 0.203. The highest BCUT2D eigenvalue weighted by Crippen LogP contribution is 2.31. The molecule has 0 spiro atoms. The lowest BCUT2D eigenvalue weighted by Crippen LogP contribution is -2.17. The quantitative estimate of drug-likeness (QED) is 0.781. The van der Waals surface area contributed by atoms with Crippen molar-refractivity contribution in [1.82, 2.24) is 5.32 Å². The second-order valence-electron chi connectivity index (χ2n) is 4.32. The van der Waals surface area contributed by atoms with E-state index in [1.54, 1.807) is 18.8 Å². The molecule has 0 aromatic heterocycles. The summed E-state index contributed by atoms with van der Waals surface area (Å²) in [6.45, 7) is 6.51. The molecule has 0 bridgehead atoms. The van der Waals surface area contributed by atoms with Gasteiger partial charge in [-0.1, -0.05) is 20.8 Å². The summed E-state index contributed by atoms with van der Waals surface area (Å²) in [5, 5.41) is 2.60. The molecule has 0 saturated heterocycles.